The molecular weight excluding hydrogens is 274 g/mol. The minimum absolute atomic E-state index is 0.653. The lowest BCUT2D eigenvalue weighted by Gasteiger charge is -2.38. The number of nitrogens with zero attached hydrogens (tertiary/aromatic N) is 5. The zero-order valence-corrected chi connectivity index (χ0v) is 12.6. The van der Waals surface area contributed by atoms with Gasteiger partial charge in [0.1, 0.15) is 5.82 Å². The van der Waals surface area contributed by atoms with E-state index < -0.39 is 0 Å². The highest BCUT2D eigenvalue weighted by Gasteiger charge is 2.29. The Morgan fingerprint density at radius 1 is 1.45 bits per heavy atom. The van der Waals surface area contributed by atoms with Crippen molar-refractivity contribution >= 4 is 16.7 Å². The van der Waals surface area contributed by atoms with Gasteiger partial charge in [0.25, 0.3) is 0 Å². The van der Waals surface area contributed by atoms with Crippen LogP contribution in [-0.2, 0) is 17.7 Å². The minimum atomic E-state index is 0.653. The van der Waals surface area contributed by atoms with Crippen LogP contribution in [-0.4, -0.2) is 45.9 Å². The Hall–Kier alpha value is -1.47. The Labute approximate surface area is 122 Å². The van der Waals surface area contributed by atoms with E-state index in [-0.39, 0.29) is 0 Å². The van der Waals surface area contributed by atoms with Crippen molar-refractivity contribution in [1.82, 2.24) is 19.1 Å². The molecule has 2 aromatic heterocycles. The fourth-order valence-electron chi connectivity index (χ4n) is 2.34. The summed E-state index contributed by atoms with van der Waals surface area (Å²) in [5.41, 5.74) is 1.22. The quantitative estimate of drug-likeness (QED) is 0.805. The van der Waals surface area contributed by atoms with Crippen LogP contribution >= 0.6 is 11.5 Å². The van der Waals surface area contributed by atoms with Crippen molar-refractivity contribution in [2.45, 2.75) is 19.9 Å². The molecule has 3 rings (SSSR count). The standard InChI is InChI=1S/C13H19N5OS/c1-10-5-14-18(6-10)9-11-7-17(8-11)13-15-12(16-20-13)3-4-19-2/h5-6,11H,3-4,7-9H2,1-2H3. The molecule has 0 N–H and O–H groups in total. The van der Waals surface area contributed by atoms with Crippen LogP contribution in [0.25, 0.3) is 0 Å². The van der Waals surface area contributed by atoms with Crippen molar-refractivity contribution in [3.8, 4) is 0 Å². The van der Waals surface area contributed by atoms with Crippen LogP contribution in [0, 0.1) is 12.8 Å². The number of hydrogen-bond donors (Lipinski definition) is 0. The Kier molecular flexibility index (Phi) is 3.98. The predicted molar refractivity (Wildman–Crippen MR) is 78.2 cm³/mol. The molecule has 1 fully saturated rings. The highest BCUT2D eigenvalue weighted by molar-refractivity contribution is 7.09. The van der Waals surface area contributed by atoms with Crippen molar-refractivity contribution < 1.29 is 4.74 Å². The summed E-state index contributed by atoms with van der Waals surface area (Å²) in [6.45, 7) is 5.81. The molecule has 2 aromatic rings. The number of hydrogen-bond acceptors (Lipinski definition) is 6. The van der Waals surface area contributed by atoms with Crippen molar-refractivity contribution in [3.05, 3.63) is 23.8 Å². The van der Waals surface area contributed by atoms with Gasteiger partial charge in [-0.3, -0.25) is 4.68 Å². The molecule has 0 aromatic carbocycles. The maximum atomic E-state index is 5.04. The Balaban J connectivity index is 1.48. The molecular formula is C13H19N5OS. The molecule has 20 heavy (non-hydrogen) atoms. The number of methoxy groups -OCH3 is 1. The van der Waals surface area contributed by atoms with Crippen molar-refractivity contribution in [1.29, 1.82) is 0 Å². The fourth-order valence-corrected chi connectivity index (χ4v) is 3.07. The van der Waals surface area contributed by atoms with Crippen molar-refractivity contribution in [2.24, 2.45) is 5.92 Å². The number of aryl methyl sites for hydroxylation is 1. The smallest absolute Gasteiger partial charge is 0.205 e. The molecule has 108 valence electrons. The first-order valence-corrected chi connectivity index (χ1v) is 7.57. The van der Waals surface area contributed by atoms with Gasteiger partial charge in [-0.05, 0) is 12.5 Å². The summed E-state index contributed by atoms with van der Waals surface area (Å²) in [5.74, 6) is 1.54. The lowest BCUT2D eigenvalue weighted by Crippen LogP contribution is -2.48. The average molecular weight is 293 g/mol. The summed E-state index contributed by atoms with van der Waals surface area (Å²) >= 11 is 1.48. The third-order valence-electron chi connectivity index (χ3n) is 3.42. The lowest BCUT2D eigenvalue weighted by atomic mass is 10.0. The van der Waals surface area contributed by atoms with E-state index in [0.29, 0.717) is 12.5 Å². The van der Waals surface area contributed by atoms with Crippen LogP contribution in [0.1, 0.15) is 11.4 Å². The molecule has 0 radical (unpaired) electrons. The largest absolute Gasteiger partial charge is 0.384 e. The molecule has 1 aliphatic heterocycles. The molecule has 0 saturated carbocycles. The second-order valence-corrected chi connectivity index (χ2v) is 5.98. The summed E-state index contributed by atoms with van der Waals surface area (Å²) in [6, 6.07) is 0. The fraction of sp³-hybridized carbons (Fsp3) is 0.615. The Morgan fingerprint density at radius 2 is 2.30 bits per heavy atom. The van der Waals surface area contributed by atoms with Gasteiger partial charge in [-0.1, -0.05) is 0 Å². The van der Waals surface area contributed by atoms with Crippen LogP contribution in [0.4, 0.5) is 5.13 Å². The van der Waals surface area contributed by atoms with E-state index in [4.69, 9.17) is 4.74 Å². The molecule has 0 spiro atoms. The second-order valence-electron chi connectivity index (χ2n) is 5.25. The topological polar surface area (TPSA) is 56.1 Å². The summed E-state index contributed by atoms with van der Waals surface area (Å²) in [5, 5.41) is 5.36. The van der Waals surface area contributed by atoms with Crippen molar-refractivity contribution in [2.75, 3.05) is 31.7 Å². The van der Waals surface area contributed by atoms with Gasteiger partial charge in [0.15, 0.2) is 0 Å². The first-order chi connectivity index (χ1) is 9.74. The summed E-state index contributed by atoms with van der Waals surface area (Å²) in [4.78, 5) is 6.83. The molecule has 6 nitrogen and oxygen atoms in total. The minimum Gasteiger partial charge on any atom is -0.384 e. The average Bonchev–Trinajstić information content (AvgIpc) is 3.00. The third-order valence-corrected chi connectivity index (χ3v) is 4.24. The SMILES string of the molecule is COCCc1nsc(N2CC(Cn3cc(C)cn3)C2)n1. The molecule has 0 bridgehead atoms. The highest BCUT2D eigenvalue weighted by atomic mass is 32.1. The number of aromatic nitrogens is 4. The predicted octanol–water partition coefficient (Wildman–Crippen LogP) is 1.37. The highest BCUT2D eigenvalue weighted by Crippen LogP contribution is 2.27. The maximum Gasteiger partial charge on any atom is 0.205 e. The number of rotatable bonds is 6. The van der Waals surface area contributed by atoms with Gasteiger partial charge in [-0.15, -0.1) is 0 Å². The third kappa shape index (κ3) is 2.99. The van der Waals surface area contributed by atoms with Gasteiger partial charge >= 0.3 is 0 Å². The monoisotopic (exact) mass is 293 g/mol. The molecule has 0 aliphatic carbocycles. The Morgan fingerprint density at radius 3 is 3.00 bits per heavy atom. The van der Waals surface area contributed by atoms with E-state index in [1.54, 1.807) is 7.11 Å². The molecule has 1 saturated heterocycles. The molecule has 0 unspecified atom stereocenters. The Bertz CT molecular complexity index is 561. The molecule has 1 aliphatic rings. The van der Waals surface area contributed by atoms with E-state index in [9.17, 15) is 0 Å². The summed E-state index contributed by atoms with van der Waals surface area (Å²) < 4.78 is 11.4. The van der Waals surface area contributed by atoms with Crippen LogP contribution in [0.15, 0.2) is 12.4 Å². The van der Waals surface area contributed by atoms with Gasteiger partial charge in [-0.2, -0.15) is 9.47 Å². The van der Waals surface area contributed by atoms with Crippen molar-refractivity contribution in [3.63, 3.8) is 0 Å². The van der Waals surface area contributed by atoms with Gasteiger partial charge in [0, 0.05) is 56.8 Å². The van der Waals surface area contributed by atoms with Crippen LogP contribution in [0.2, 0.25) is 0 Å². The molecule has 3 heterocycles. The number of anilines is 1. The van der Waals surface area contributed by atoms with E-state index in [1.165, 1.54) is 17.1 Å². The van der Waals surface area contributed by atoms with Gasteiger partial charge in [0.2, 0.25) is 5.13 Å². The van der Waals surface area contributed by atoms with Gasteiger partial charge in [0.05, 0.1) is 12.8 Å². The first kappa shape index (κ1) is 13.5. The summed E-state index contributed by atoms with van der Waals surface area (Å²) in [7, 11) is 1.70. The number of ether oxygens (including phenoxy) is 1. The summed E-state index contributed by atoms with van der Waals surface area (Å²) in [6.07, 6.45) is 4.79. The second kappa shape index (κ2) is 5.88. The van der Waals surface area contributed by atoms with E-state index >= 15 is 0 Å². The lowest BCUT2D eigenvalue weighted by molar-refractivity contribution is 0.201. The molecule has 0 atom stereocenters. The van der Waals surface area contributed by atoms with E-state index in [2.05, 4.69) is 32.5 Å². The zero-order chi connectivity index (χ0) is 13.9. The van der Waals surface area contributed by atoms with E-state index in [0.717, 1.165) is 37.0 Å². The van der Waals surface area contributed by atoms with E-state index in [1.807, 2.05) is 10.9 Å². The van der Waals surface area contributed by atoms with Crippen LogP contribution in [0.3, 0.4) is 0 Å². The maximum absolute atomic E-state index is 5.04. The molecule has 0 amide bonds. The normalized spacial score (nSPS) is 15.6. The zero-order valence-electron chi connectivity index (χ0n) is 11.8. The van der Waals surface area contributed by atoms with Gasteiger partial charge in [-0.25, -0.2) is 4.98 Å². The van der Waals surface area contributed by atoms with Gasteiger partial charge < -0.3 is 9.64 Å². The molecule has 7 heteroatoms. The van der Waals surface area contributed by atoms with Crippen LogP contribution in [0.5, 0.6) is 0 Å². The van der Waals surface area contributed by atoms with Crippen LogP contribution < -0.4 is 4.90 Å². The first-order valence-electron chi connectivity index (χ1n) is 6.80.